The first-order valence-corrected chi connectivity index (χ1v) is 9.70. The van der Waals surface area contributed by atoms with E-state index in [2.05, 4.69) is 36.3 Å². The molecule has 0 bridgehead atoms. The Balaban J connectivity index is 1.70. The molecule has 0 saturated heterocycles. The molecule has 0 radical (unpaired) electrons. The molecule has 4 nitrogen and oxygen atoms in total. The smallest absolute Gasteiger partial charge is 0.259 e. The molecule has 3 aromatic rings. The normalized spacial score (nSPS) is 18.1. The third kappa shape index (κ3) is 3.09. The molecule has 4 rings (SSSR count). The Morgan fingerprint density at radius 2 is 2.24 bits per heavy atom. The van der Waals surface area contributed by atoms with E-state index < -0.39 is 0 Å². The average Bonchev–Trinajstić information content (AvgIpc) is 2.92. The Morgan fingerprint density at radius 1 is 1.40 bits per heavy atom. The first kappa shape index (κ1) is 16.3. The van der Waals surface area contributed by atoms with Crippen LogP contribution in [0.25, 0.3) is 10.2 Å². The van der Waals surface area contributed by atoms with Gasteiger partial charge in [0.1, 0.15) is 10.7 Å². The molecular formula is C20H23N3OS. The van der Waals surface area contributed by atoms with E-state index in [0.717, 1.165) is 35.2 Å². The molecule has 0 saturated carbocycles. The molecule has 1 aliphatic rings. The number of benzene rings is 1. The van der Waals surface area contributed by atoms with E-state index in [1.165, 1.54) is 16.0 Å². The molecule has 1 aliphatic carbocycles. The largest absolute Gasteiger partial charge is 0.375 e. The van der Waals surface area contributed by atoms with E-state index in [0.29, 0.717) is 11.7 Å². The second-order valence-corrected chi connectivity index (χ2v) is 8.30. The van der Waals surface area contributed by atoms with Crippen molar-refractivity contribution < 1.29 is 0 Å². The SMILES string of the molecule is Cc1cccc(N[C@@H](C)c2nc3sc4c(c3c(=O)[nH]2)CC[C@@H](C)C4)c1. The number of nitrogens with one attached hydrogen (secondary N) is 2. The molecule has 2 atom stereocenters. The van der Waals surface area contributed by atoms with Crippen LogP contribution < -0.4 is 10.9 Å². The zero-order valence-corrected chi connectivity index (χ0v) is 15.7. The summed E-state index contributed by atoms with van der Waals surface area (Å²) < 4.78 is 0. The van der Waals surface area contributed by atoms with Crippen molar-refractivity contribution in [1.82, 2.24) is 9.97 Å². The molecule has 2 heterocycles. The van der Waals surface area contributed by atoms with Gasteiger partial charge in [0.05, 0.1) is 11.4 Å². The highest BCUT2D eigenvalue weighted by Gasteiger charge is 2.23. The monoisotopic (exact) mass is 353 g/mol. The van der Waals surface area contributed by atoms with Gasteiger partial charge in [0, 0.05) is 10.6 Å². The number of aryl methyl sites for hydroxylation is 2. The quantitative estimate of drug-likeness (QED) is 0.724. The first-order valence-electron chi connectivity index (χ1n) is 8.89. The van der Waals surface area contributed by atoms with E-state index in [-0.39, 0.29) is 11.6 Å². The van der Waals surface area contributed by atoms with Crippen LogP contribution in [0, 0.1) is 12.8 Å². The second-order valence-electron chi connectivity index (χ2n) is 7.22. The third-order valence-corrected chi connectivity index (χ3v) is 6.14. The lowest BCUT2D eigenvalue weighted by molar-refractivity contribution is 0.509. The molecule has 2 N–H and O–H groups in total. The number of aromatic amines is 1. The van der Waals surface area contributed by atoms with Crippen molar-refractivity contribution in [3.05, 3.63) is 56.4 Å². The van der Waals surface area contributed by atoms with Crippen LogP contribution >= 0.6 is 11.3 Å². The van der Waals surface area contributed by atoms with Gasteiger partial charge in [-0.2, -0.15) is 0 Å². The summed E-state index contributed by atoms with van der Waals surface area (Å²) in [5, 5.41) is 4.25. The molecule has 5 heteroatoms. The molecule has 1 aromatic carbocycles. The number of hydrogen-bond donors (Lipinski definition) is 2. The maximum absolute atomic E-state index is 12.7. The van der Waals surface area contributed by atoms with E-state index in [1.54, 1.807) is 11.3 Å². The van der Waals surface area contributed by atoms with E-state index >= 15 is 0 Å². The predicted octanol–water partition coefficient (Wildman–Crippen LogP) is 4.59. The predicted molar refractivity (Wildman–Crippen MR) is 105 cm³/mol. The fourth-order valence-electron chi connectivity index (χ4n) is 3.62. The summed E-state index contributed by atoms with van der Waals surface area (Å²) in [6.07, 6.45) is 3.23. The van der Waals surface area contributed by atoms with Gasteiger partial charge >= 0.3 is 0 Å². The number of fused-ring (bicyclic) bond motifs is 3. The van der Waals surface area contributed by atoms with Crippen molar-refractivity contribution >= 4 is 27.2 Å². The van der Waals surface area contributed by atoms with Gasteiger partial charge < -0.3 is 10.3 Å². The van der Waals surface area contributed by atoms with Gasteiger partial charge in [-0.15, -0.1) is 11.3 Å². The Morgan fingerprint density at radius 3 is 3.04 bits per heavy atom. The van der Waals surface area contributed by atoms with Crippen molar-refractivity contribution in [3.8, 4) is 0 Å². The lowest BCUT2D eigenvalue weighted by atomic mass is 9.89. The standard InChI is InChI=1S/C20H23N3OS/c1-11-5-4-6-14(9-11)21-13(3)18-22-19(24)17-15-8-7-12(2)10-16(15)25-20(17)23-18/h4-6,9,12-13,21H,7-8,10H2,1-3H3,(H,22,23,24)/t12-,13+/m1/s1. The molecular weight excluding hydrogens is 330 g/mol. The fourth-order valence-corrected chi connectivity index (χ4v) is 5.01. The summed E-state index contributed by atoms with van der Waals surface area (Å²) in [5.74, 6) is 1.40. The van der Waals surface area contributed by atoms with Gasteiger partial charge in [0.2, 0.25) is 0 Å². The highest BCUT2D eigenvalue weighted by molar-refractivity contribution is 7.18. The lowest BCUT2D eigenvalue weighted by Gasteiger charge is -2.17. The zero-order valence-electron chi connectivity index (χ0n) is 14.8. The number of rotatable bonds is 3. The van der Waals surface area contributed by atoms with Crippen molar-refractivity contribution in [2.45, 2.75) is 46.1 Å². The molecule has 25 heavy (non-hydrogen) atoms. The minimum atomic E-state index is -0.0584. The van der Waals surface area contributed by atoms with Gasteiger partial charge in [-0.1, -0.05) is 19.1 Å². The van der Waals surface area contributed by atoms with Crippen LogP contribution in [0.4, 0.5) is 5.69 Å². The maximum Gasteiger partial charge on any atom is 0.259 e. The summed E-state index contributed by atoms with van der Waals surface area (Å²) in [6.45, 7) is 6.38. The molecule has 0 amide bonds. The number of anilines is 1. The van der Waals surface area contributed by atoms with Crippen LogP contribution in [-0.4, -0.2) is 9.97 Å². The number of hydrogen-bond acceptors (Lipinski definition) is 4. The summed E-state index contributed by atoms with van der Waals surface area (Å²) in [6, 6.07) is 8.17. The number of thiophene rings is 1. The molecule has 0 aliphatic heterocycles. The van der Waals surface area contributed by atoms with Crippen LogP contribution in [0.1, 0.15) is 48.1 Å². The Kier molecular flexibility index (Phi) is 4.12. The van der Waals surface area contributed by atoms with E-state index in [9.17, 15) is 4.79 Å². The highest BCUT2D eigenvalue weighted by atomic mass is 32.1. The van der Waals surface area contributed by atoms with Crippen molar-refractivity contribution in [3.63, 3.8) is 0 Å². The summed E-state index contributed by atoms with van der Waals surface area (Å²) in [7, 11) is 0. The lowest BCUT2D eigenvalue weighted by Crippen LogP contribution is -2.18. The van der Waals surface area contributed by atoms with Crippen molar-refractivity contribution in [2.75, 3.05) is 5.32 Å². The topological polar surface area (TPSA) is 57.8 Å². The Bertz CT molecular complexity index is 988. The average molecular weight is 353 g/mol. The Hall–Kier alpha value is -2.14. The minimum absolute atomic E-state index is 0.00458. The van der Waals surface area contributed by atoms with Gasteiger partial charge in [-0.3, -0.25) is 4.79 Å². The zero-order chi connectivity index (χ0) is 17.6. The number of H-pyrrole nitrogens is 1. The number of aromatic nitrogens is 2. The fraction of sp³-hybridized carbons (Fsp3) is 0.400. The van der Waals surface area contributed by atoms with Crippen LogP contribution in [0.15, 0.2) is 29.1 Å². The first-order chi connectivity index (χ1) is 12.0. The summed E-state index contributed by atoms with van der Waals surface area (Å²) in [5.41, 5.74) is 3.48. The number of nitrogens with zero attached hydrogens (tertiary/aromatic N) is 1. The van der Waals surface area contributed by atoms with Gasteiger partial charge in [-0.05, 0) is 62.3 Å². The van der Waals surface area contributed by atoms with E-state index in [4.69, 9.17) is 4.98 Å². The Labute approximate surface area is 151 Å². The molecule has 2 aromatic heterocycles. The van der Waals surface area contributed by atoms with Crippen molar-refractivity contribution in [1.29, 1.82) is 0 Å². The summed E-state index contributed by atoms with van der Waals surface area (Å²) >= 11 is 1.70. The van der Waals surface area contributed by atoms with Gasteiger partial charge in [0.25, 0.3) is 5.56 Å². The third-order valence-electron chi connectivity index (χ3n) is 5.00. The van der Waals surface area contributed by atoms with Crippen molar-refractivity contribution in [2.24, 2.45) is 5.92 Å². The summed E-state index contributed by atoms with van der Waals surface area (Å²) in [4.78, 5) is 22.7. The second kappa shape index (κ2) is 6.30. The van der Waals surface area contributed by atoms with Gasteiger partial charge in [-0.25, -0.2) is 4.98 Å². The van der Waals surface area contributed by atoms with Crippen LogP contribution in [-0.2, 0) is 12.8 Å². The molecule has 0 unspecified atom stereocenters. The van der Waals surface area contributed by atoms with Crippen LogP contribution in [0.2, 0.25) is 0 Å². The van der Waals surface area contributed by atoms with Crippen LogP contribution in [0.5, 0.6) is 0 Å². The molecule has 0 fully saturated rings. The highest BCUT2D eigenvalue weighted by Crippen LogP contribution is 2.35. The van der Waals surface area contributed by atoms with Gasteiger partial charge in [0.15, 0.2) is 0 Å². The minimum Gasteiger partial charge on any atom is -0.375 e. The van der Waals surface area contributed by atoms with E-state index in [1.807, 2.05) is 19.1 Å². The molecule has 130 valence electrons. The van der Waals surface area contributed by atoms with Crippen LogP contribution in [0.3, 0.4) is 0 Å². The maximum atomic E-state index is 12.7. The molecule has 0 spiro atoms.